The summed E-state index contributed by atoms with van der Waals surface area (Å²) in [7, 11) is 0. The zero-order valence-corrected chi connectivity index (χ0v) is 6.88. The van der Waals surface area contributed by atoms with Crippen molar-refractivity contribution in [3.05, 3.63) is 11.0 Å². The minimum Gasteiger partial charge on any atom is -0.128 e. The van der Waals surface area contributed by atoms with E-state index in [4.69, 9.17) is 0 Å². The van der Waals surface area contributed by atoms with Crippen LogP contribution in [-0.2, 0) is 0 Å². The molecule has 0 N–H and O–H groups in total. The maximum absolute atomic E-state index is 2.21. The van der Waals surface area contributed by atoms with Crippen LogP contribution in [0.15, 0.2) is 11.0 Å². The molecule has 0 aliphatic carbocycles. The first kappa shape index (κ1) is 8.09. The molecule has 0 spiro atoms. The number of rotatable bonds is 2. The monoisotopic (exact) mass is 130 g/mol. The van der Waals surface area contributed by atoms with Crippen LogP contribution in [0.25, 0.3) is 0 Å². The van der Waals surface area contributed by atoms with Gasteiger partial charge < -0.3 is 0 Å². The molecule has 0 saturated carbocycles. The van der Waals surface area contributed by atoms with Crippen molar-refractivity contribution in [2.45, 2.75) is 32.9 Å². The summed E-state index contributed by atoms with van der Waals surface area (Å²) in [6.07, 6.45) is 2.14. The summed E-state index contributed by atoms with van der Waals surface area (Å²) in [5.41, 5.74) is 0. The van der Waals surface area contributed by atoms with Crippen LogP contribution >= 0.6 is 11.8 Å². The lowest BCUT2D eigenvalue weighted by molar-refractivity contribution is 1.12. The molecule has 0 radical (unpaired) electrons. The molecule has 0 aliphatic heterocycles. The zero-order chi connectivity index (χ0) is 6.57. The fourth-order valence-corrected chi connectivity index (χ4v) is 1.32. The normalized spacial score (nSPS) is 12.9. The van der Waals surface area contributed by atoms with Gasteiger partial charge in [0.25, 0.3) is 0 Å². The van der Waals surface area contributed by atoms with Gasteiger partial charge in [-0.2, -0.15) is 0 Å². The highest BCUT2D eigenvalue weighted by Gasteiger charge is 1.92. The second-order valence-electron chi connectivity index (χ2n) is 2.07. The summed E-state index contributed by atoms with van der Waals surface area (Å²) < 4.78 is 0. The highest BCUT2D eigenvalue weighted by Crippen LogP contribution is 2.19. The summed E-state index contributed by atoms with van der Waals surface area (Å²) in [5, 5.41) is 0.728. The van der Waals surface area contributed by atoms with E-state index in [1.165, 1.54) is 4.91 Å². The Morgan fingerprint density at radius 1 is 1.50 bits per heavy atom. The van der Waals surface area contributed by atoms with E-state index in [1.54, 1.807) is 0 Å². The van der Waals surface area contributed by atoms with Crippen molar-refractivity contribution in [3.63, 3.8) is 0 Å². The van der Waals surface area contributed by atoms with Crippen molar-refractivity contribution < 1.29 is 0 Å². The van der Waals surface area contributed by atoms with Gasteiger partial charge >= 0.3 is 0 Å². The van der Waals surface area contributed by atoms with Crippen LogP contribution in [0.2, 0.25) is 0 Å². The molecule has 0 aliphatic rings. The van der Waals surface area contributed by atoms with Crippen LogP contribution in [0.4, 0.5) is 0 Å². The van der Waals surface area contributed by atoms with Gasteiger partial charge in [-0.05, 0) is 18.8 Å². The third kappa shape index (κ3) is 4.25. The summed E-state index contributed by atoms with van der Waals surface area (Å²) in [5.74, 6) is 0. The van der Waals surface area contributed by atoms with Gasteiger partial charge in [-0.15, -0.1) is 11.8 Å². The summed E-state index contributed by atoms with van der Waals surface area (Å²) in [6, 6.07) is 0. The molecule has 0 amide bonds. The van der Waals surface area contributed by atoms with Crippen LogP contribution in [0, 0.1) is 0 Å². The molecule has 1 heteroatoms. The summed E-state index contributed by atoms with van der Waals surface area (Å²) in [6.45, 7) is 8.63. The van der Waals surface area contributed by atoms with E-state index in [-0.39, 0.29) is 0 Å². The number of hydrogen-bond donors (Lipinski definition) is 0. The smallest absolute Gasteiger partial charge is 0.00343 e. The van der Waals surface area contributed by atoms with Gasteiger partial charge in [0.1, 0.15) is 0 Å². The average Bonchev–Trinajstić information content (AvgIpc) is 1.65. The molecule has 0 aromatic rings. The topological polar surface area (TPSA) is 0 Å². The molecule has 8 heavy (non-hydrogen) atoms. The van der Waals surface area contributed by atoms with Crippen LogP contribution in [0.5, 0.6) is 0 Å². The molecule has 0 heterocycles. The van der Waals surface area contributed by atoms with E-state index in [2.05, 4.69) is 33.8 Å². The quantitative estimate of drug-likeness (QED) is 0.553. The fraction of sp³-hybridized carbons (Fsp3) is 0.714. The Kier molecular flexibility index (Phi) is 4.06. The van der Waals surface area contributed by atoms with Crippen LogP contribution in [0.1, 0.15) is 27.7 Å². The van der Waals surface area contributed by atoms with E-state index >= 15 is 0 Å². The van der Waals surface area contributed by atoms with Crippen molar-refractivity contribution in [2.75, 3.05) is 0 Å². The maximum Gasteiger partial charge on any atom is 0.00343 e. The van der Waals surface area contributed by atoms with E-state index in [1.807, 2.05) is 11.8 Å². The second-order valence-corrected chi connectivity index (χ2v) is 3.89. The van der Waals surface area contributed by atoms with E-state index in [0.29, 0.717) is 0 Å². The largest absolute Gasteiger partial charge is 0.128 e. The van der Waals surface area contributed by atoms with Crippen LogP contribution in [0.3, 0.4) is 0 Å². The lowest BCUT2D eigenvalue weighted by Gasteiger charge is -2.01. The zero-order valence-electron chi connectivity index (χ0n) is 6.06. The molecule has 0 atom stereocenters. The maximum atomic E-state index is 2.21. The lowest BCUT2D eigenvalue weighted by Crippen LogP contribution is -1.83. The Labute approximate surface area is 56.4 Å². The first-order chi connectivity index (χ1) is 3.66. The van der Waals surface area contributed by atoms with E-state index in [9.17, 15) is 0 Å². The van der Waals surface area contributed by atoms with Gasteiger partial charge in [-0.1, -0.05) is 19.9 Å². The van der Waals surface area contributed by atoms with Crippen LogP contribution in [-0.4, -0.2) is 5.25 Å². The third-order valence-electron chi connectivity index (χ3n) is 0.828. The third-order valence-corrected chi connectivity index (χ3v) is 1.91. The molecular formula is C7H14S. The first-order valence-electron chi connectivity index (χ1n) is 2.96. The van der Waals surface area contributed by atoms with Crippen molar-refractivity contribution in [1.29, 1.82) is 0 Å². The number of thioether (sulfide) groups is 1. The van der Waals surface area contributed by atoms with Gasteiger partial charge in [0.2, 0.25) is 0 Å². The predicted octanol–water partition coefficient (Wildman–Crippen LogP) is 3.05. The molecule has 0 nitrogen and oxygen atoms in total. The van der Waals surface area contributed by atoms with Gasteiger partial charge in [0.15, 0.2) is 0 Å². The van der Waals surface area contributed by atoms with Gasteiger partial charge in [-0.3, -0.25) is 0 Å². The minimum atomic E-state index is 0.728. The van der Waals surface area contributed by atoms with Gasteiger partial charge in [-0.25, -0.2) is 0 Å². The lowest BCUT2D eigenvalue weighted by atomic mass is 10.6. The van der Waals surface area contributed by atoms with Crippen molar-refractivity contribution in [1.82, 2.24) is 0 Å². The molecule has 0 fully saturated rings. The molecule has 0 rings (SSSR count). The van der Waals surface area contributed by atoms with E-state index in [0.717, 1.165) is 5.25 Å². The van der Waals surface area contributed by atoms with Crippen LogP contribution < -0.4 is 0 Å². The van der Waals surface area contributed by atoms with Crippen molar-refractivity contribution in [3.8, 4) is 0 Å². The molecular weight excluding hydrogens is 116 g/mol. The second kappa shape index (κ2) is 4.02. The SMILES string of the molecule is C/C=C(/C)SC(C)C. The molecule has 0 saturated heterocycles. The Morgan fingerprint density at radius 3 is 2.12 bits per heavy atom. The van der Waals surface area contributed by atoms with Crippen molar-refractivity contribution >= 4 is 11.8 Å². The minimum absolute atomic E-state index is 0.728. The Morgan fingerprint density at radius 2 is 2.00 bits per heavy atom. The highest BCUT2D eigenvalue weighted by molar-refractivity contribution is 8.03. The summed E-state index contributed by atoms with van der Waals surface area (Å²) >= 11 is 1.92. The van der Waals surface area contributed by atoms with Gasteiger partial charge in [0.05, 0.1) is 0 Å². The molecule has 0 aromatic carbocycles. The van der Waals surface area contributed by atoms with Gasteiger partial charge in [0, 0.05) is 5.25 Å². The first-order valence-corrected chi connectivity index (χ1v) is 3.84. The predicted molar refractivity (Wildman–Crippen MR) is 42.2 cm³/mol. The highest BCUT2D eigenvalue weighted by atomic mass is 32.2. The Hall–Kier alpha value is 0.0900. The van der Waals surface area contributed by atoms with Crippen molar-refractivity contribution in [2.24, 2.45) is 0 Å². The standard InChI is InChI=1S/C7H14S/c1-5-7(4)8-6(2)3/h5-6H,1-4H3/b7-5-. The Balaban J connectivity index is 3.39. The number of hydrogen-bond acceptors (Lipinski definition) is 1. The number of allylic oxidation sites excluding steroid dienone is 2. The average molecular weight is 130 g/mol. The molecule has 0 unspecified atom stereocenters. The molecule has 0 bridgehead atoms. The Bertz CT molecular complexity index is 82.4. The summed E-state index contributed by atoms with van der Waals surface area (Å²) in [4.78, 5) is 1.42. The molecule has 48 valence electrons. The fourth-order valence-electron chi connectivity index (χ4n) is 0.440. The molecule has 0 aromatic heterocycles. The van der Waals surface area contributed by atoms with E-state index < -0.39 is 0 Å².